The lowest BCUT2D eigenvalue weighted by molar-refractivity contribution is -0.122. The summed E-state index contributed by atoms with van der Waals surface area (Å²) in [5.74, 6) is 4.27. The smallest absolute Gasteiger partial charge is 0.227 e. The standard InChI is InChI=1S/C20H23BrN2O4.C20H21BrN2O3/c1-25-15-4-2-13(3-5-15)12-27-19-16(21)6-7-17(18(19)22)23-20(24)14-8-10-26-11-9-14;1-24-15-4-2-13(3-5-15)12-26-19-16(21)6-7-17-18(19)23-20(22-17)14-8-10-25-11-9-14/h2-7,14H,8-12,22H2,1H3,(H,23,24);2-7,14H,8-12H2,1H3,(H,22,23). The quantitative estimate of drug-likeness (QED) is 0.111. The fourth-order valence-electron chi connectivity index (χ4n) is 6.12. The largest absolute Gasteiger partial charge is 0.497 e. The Bertz CT molecular complexity index is 1960. The zero-order valence-corrected chi connectivity index (χ0v) is 33.0. The highest BCUT2D eigenvalue weighted by atomic mass is 79.9. The van der Waals surface area contributed by atoms with E-state index < -0.39 is 0 Å². The number of nitrogens with two attached hydrogens (primary N) is 1. The number of halogens is 2. The fourth-order valence-corrected chi connectivity index (χ4v) is 7.02. The third-order valence-electron chi connectivity index (χ3n) is 9.27. The Morgan fingerprint density at radius 1 is 0.774 bits per heavy atom. The molecule has 0 bridgehead atoms. The lowest BCUT2D eigenvalue weighted by Gasteiger charge is -2.22. The number of aromatic nitrogens is 2. The number of nitrogen functional groups attached to an aromatic ring is 1. The van der Waals surface area contributed by atoms with Gasteiger partial charge in [-0.25, -0.2) is 4.98 Å². The van der Waals surface area contributed by atoms with Gasteiger partial charge in [-0.3, -0.25) is 4.79 Å². The van der Waals surface area contributed by atoms with Gasteiger partial charge in [-0.05, 0) is 117 Å². The number of amides is 1. The van der Waals surface area contributed by atoms with Gasteiger partial charge >= 0.3 is 0 Å². The number of H-pyrrole nitrogens is 1. The number of hydrogen-bond donors (Lipinski definition) is 3. The van der Waals surface area contributed by atoms with Crippen LogP contribution in [0.4, 0.5) is 11.4 Å². The Hall–Kier alpha value is -4.30. The number of rotatable bonds is 11. The Labute approximate surface area is 326 Å². The zero-order chi connectivity index (χ0) is 37.2. The number of carbonyl (C=O) groups is 1. The molecule has 0 aliphatic carbocycles. The highest BCUT2D eigenvalue weighted by Gasteiger charge is 2.24. The molecule has 5 aromatic rings. The molecule has 0 unspecified atom stereocenters. The second-order valence-electron chi connectivity index (χ2n) is 12.8. The normalized spacial score (nSPS) is 14.9. The van der Waals surface area contributed by atoms with Gasteiger partial charge in [-0.15, -0.1) is 0 Å². The predicted molar refractivity (Wildman–Crippen MR) is 212 cm³/mol. The molecule has 4 N–H and O–H groups in total. The van der Waals surface area contributed by atoms with Crippen molar-refractivity contribution >= 4 is 60.2 Å². The molecule has 11 nitrogen and oxygen atoms in total. The van der Waals surface area contributed by atoms with Crippen LogP contribution in [-0.4, -0.2) is 56.5 Å². The fraction of sp³-hybridized carbons (Fsp3) is 0.350. The van der Waals surface area contributed by atoms with E-state index in [4.69, 9.17) is 39.1 Å². The summed E-state index contributed by atoms with van der Waals surface area (Å²) in [5.41, 5.74) is 11.1. The minimum absolute atomic E-state index is 0.0339. The van der Waals surface area contributed by atoms with Gasteiger partial charge < -0.3 is 44.5 Å². The summed E-state index contributed by atoms with van der Waals surface area (Å²) in [6, 6.07) is 23.1. The molecule has 1 aromatic heterocycles. The molecule has 2 aliphatic rings. The Kier molecular flexibility index (Phi) is 13.5. The number of benzene rings is 4. The van der Waals surface area contributed by atoms with Crippen molar-refractivity contribution in [3.8, 4) is 23.0 Å². The second kappa shape index (κ2) is 18.6. The summed E-state index contributed by atoms with van der Waals surface area (Å²) in [6.07, 6.45) is 3.46. The number of aromatic amines is 1. The van der Waals surface area contributed by atoms with E-state index in [1.54, 1.807) is 20.3 Å². The van der Waals surface area contributed by atoms with Gasteiger partial charge in [0.05, 0.1) is 40.1 Å². The number of nitrogens with one attached hydrogen (secondary N) is 2. The molecule has 53 heavy (non-hydrogen) atoms. The van der Waals surface area contributed by atoms with Crippen LogP contribution in [0, 0.1) is 5.92 Å². The Morgan fingerprint density at radius 2 is 1.30 bits per heavy atom. The van der Waals surface area contributed by atoms with E-state index in [1.807, 2.05) is 66.7 Å². The van der Waals surface area contributed by atoms with Gasteiger partial charge in [0.15, 0.2) is 11.5 Å². The Balaban J connectivity index is 0.000000181. The van der Waals surface area contributed by atoms with Crippen LogP contribution < -0.4 is 30.0 Å². The minimum Gasteiger partial charge on any atom is -0.497 e. The first-order chi connectivity index (χ1) is 25.8. The van der Waals surface area contributed by atoms with Gasteiger partial charge in [-0.1, -0.05) is 24.3 Å². The van der Waals surface area contributed by atoms with Crippen LogP contribution in [0.2, 0.25) is 0 Å². The van der Waals surface area contributed by atoms with E-state index in [0.29, 0.717) is 49.5 Å². The summed E-state index contributed by atoms with van der Waals surface area (Å²) in [7, 11) is 3.29. The molecule has 0 spiro atoms. The molecular formula is C40H44Br2N4O7. The van der Waals surface area contributed by atoms with Gasteiger partial charge in [0, 0.05) is 38.3 Å². The summed E-state index contributed by atoms with van der Waals surface area (Å²) in [5, 5.41) is 2.92. The molecule has 280 valence electrons. The molecule has 0 radical (unpaired) electrons. The first kappa shape index (κ1) is 38.4. The maximum Gasteiger partial charge on any atom is 0.227 e. The molecule has 2 aliphatic heterocycles. The number of ether oxygens (including phenoxy) is 6. The van der Waals surface area contributed by atoms with E-state index in [0.717, 1.165) is 93.1 Å². The molecule has 13 heteroatoms. The van der Waals surface area contributed by atoms with E-state index in [-0.39, 0.29) is 11.8 Å². The van der Waals surface area contributed by atoms with Crippen molar-refractivity contribution in [1.82, 2.24) is 9.97 Å². The third kappa shape index (κ3) is 10.0. The van der Waals surface area contributed by atoms with Crippen molar-refractivity contribution in [3.05, 3.63) is 98.7 Å². The van der Waals surface area contributed by atoms with Crippen molar-refractivity contribution < 1.29 is 33.2 Å². The highest BCUT2D eigenvalue weighted by Crippen LogP contribution is 2.38. The van der Waals surface area contributed by atoms with Gasteiger partial charge in [0.1, 0.15) is 36.1 Å². The predicted octanol–water partition coefficient (Wildman–Crippen LogP) is 8.79. The van der Waals surface area contributed by atoms with Crippen LogP contribution in [0.25, 0.3) is 11.0 Å². The molecule has 2 fully saturated rings. The van der Waals surface area contributed by atoms with Crippen molar-refractivity contribution in [1.29, 1.82) is 0 Å². The van der Waals surface area contributed by atoms with E-state index >= 15 is 0 Å². The SMILES string of the molecule is COc1ccc(COc2c(Br)ccc(NC(=O)C3CCOCC3)c2N)cc1.COc1ccc(COc2c(Br)ccc3[nH]c(C4CCOCC4)nc23)cc1. The molecule has 2 saturated heterocycles. The monoisotopic (exact) mass is 850 g/mol. The number of fused-ring (bicyclic) bond motifs is 1. The maximum atomic E-state index is 12.5. The van der Waals surface area contributed by atoms with Crippen molar-refractivity contribution in [3.63, 3.8) is 0 Å². The molecule has 1 amide bonds. The summed E-state index contributed by atoms with van der Waals surface area (Å²) in [4.78, 5) is 20.8. The topological polar surface area (TPSA) is 139 Å². The molecule has 3 heterocycles. The van der Waals surface area contributed by atoms with Crippen LogP contribution in [0.15, 0.2) is 81.7 Å². The minimum atomic E-state index is -0.0505. The summed E-state index contributed by atoms with van der Waals surface area (Å²) >= 11 is 7.07. The lowest BCUT2D eigenvalue weighted by Crippen LogP contribution is -2.28. The van der Waals surface area contributed by atoms with Crippen LogP contribution in [-0.2, 0) is 27.5 Å². The van der Waals surface area contributed by atoms with Crippen LogP contribution in [0.1, 0.15) is 48.6 Å². The van der Waals surface area contributed by atoms with Crippen molar-refractivity contribution in [2.24, 2.45) is 5.92 Å². The number of hydrogen-bond acceptors (Lipinski definition) is 9. The van der Waals surface area contributed by atoms with Gasteiger partial charge in [-0.2, -0.15) is 0 Å². The first-order valence-corrected chi connectivity index (χ1v) is 19.2. The number of imidazole rings is 1. The van der Waals surface area contributed by atoms with Crippen molar-refractivity contribution in [2.45, 2.75) is 44.8 Å². The Morgan fingerprint density at radius 3 is 1.89 bits per heavy atom. The van der Waals surface area contributed by atoms with Crippen LogP contribution >= 0.6 is 31.9 Å². The second-order valence-corrected chi connectivity index (χ2v) is 14.5. The van der Waals surface area contributed by atoms with E-state index in [2.05, 4.69) is 42.2 Å². The number of methoxy groups -OCH3 is 2. The molecule has 7 rings (SSSR count). The highest BCUT2D eigenvalue weighted by molar-refractivity contribution is 9.11. The van der Waals surface area contributed by atoms with E-state index in [1.165, 1.54) is 0 Å². The maximum absolute atomic E-state index is 12.5. The molecule has 0 saturated carbocycles. The molecule has 0 atom stereocenters. The first-order valence-electron chi connectivity index (χ1n) is 17.6. The van der Waals surface area contributed by atoms with E-state index in [9.17, 15) is 4.79 Å². The average molecular weight is 853 g/mol. The third-order valence-corrected chi connectivity index (χ3v) is 10.5. The van der Waals surface area contributed by atoms with Gasteiger partial charge in [0.2, 0.25) is 5.91 Å². The van der Waals surface area contributed by atoms with Gasteiger partial charge in [0.25, 0.3) is 0 Å². The number of anilines is 2. The lowest BCUT2D eigenvalue weighted by atomic mass is 9.99. The summed E-state index contributed by atoms with van der Waals surface area (Å²) in [6.45, 7) is 3.65. The summed E-state index contributed by atoms with van der Waals surface area (Å²) < 4.78 is 34.8. The molecular weight excluding hydrogens is 808 g/mol. The molecule has 4 aromatic carbocycles. The van der Waals surface area contributed by atoms with Crippen LogP contribution in [0.5, 0.6) is 23.0 Å². The number of nitrogens with zero attached hydrogens (tertiary/aromatic N) is 1. The van der Waals surface area contributed by atoms with Crippen molar-refractivity contribution in [2.75, 3.05) is 51.7 Å². The zero-order valence-electron chi connectivity index (χ0n) is 29.8. The van der Waals surface area contributed by atoms with Crippen LogP contribution in [0.3, 0.4) is 0 Å². The average Bonchev–Trinajstić information content (AvgIpc) is 3.65. The number of carbonyl (C=O) groups excluding carboxylic acids is 1.